The minimum absolute atomic E-state index is 0.510. The summed E-state index contributed by atoms with van der Waals surface area (Å²) in [5.74, 6) is 0. The fraction of sp³-hybridized carbons (Fsp3) is 0.625. The van der Waals surface area contributed by atoms with Crippen molar-refractivity contribution in [3.8, 4) is 0 Å². The number of hydrogen-bond donors (Lipinski definition) is 1. The zero-order chi connectivity index (χ0) is 12.8. The van der Waals surface area contributed by atoms with Crippen LogP contribution in [0.4, 0.5) is 0 Å². The van der Waals surface area contributed by atoms with Crippen molar-refractivity contribution in [3.05, 3.63) is 35.4 Å². The predicted octanol–water partition coefficient (Wildman–Crippen LogP) is 3.13. The molecule has 0 spiro atoms. The first-order valence-electron chi connectivity index (χ1n) is 7.32. The van der Waals surface area contributed by atoms with Crippen LogP contribution in [0.5, 0.6) is 0 Å². The van der Waals surface area contributed by atoms with Crippen molar-refractivity contribution in [3.63, 3.8) is 0 Å². The Labute approximate surface area is 111 Å². The van der Waals surface area contributed by atoms with Gasteiger partial charge in [-0.05, 0) is 57.9 Å². The van der Waals surface area contributed by atoms with Gasteiger partial charge in [-0.3, -0.25) is 0 Å². The molecular formula is C16H26N2. The first-order chi connectivity index (χ1) is 8.79. The van der Waals surface area contributed by atoms with Crippen LogP contribution in [-0.4, -0.2) is 31.1 Å². The van der Waals surface area contributed by atoms with Gasteiger partial charge in [0.1, 0.15) is 0 Å². The van der Waals surface area contributed by atoms with E-state index in [4.69, 9.17) is 0 Å². The fourth-order valence-corrected chi connectivity index (χ4v) is 2.84. The van der Waals surface area contributed by atoms with E-state index in [0.717, 1.165) is 6.54 Å². The van der Waals surface area contributed by atoms with Crippen LogP contribution in [0.2, 0.25) is 0 Å². The third-order valence-corrected chi connectivity index (χ3v) is 3.83. The van der Waals surface area contributed by atoms with E-state index in [1.54, 1.807) is 0 Å². The Morgan fingerprint density at radius 1 is 1.28 bits per heavy atom. The van der Waals surface area contributed by atoms with Gasteiger partial charge in [0.2, 0.25) is 0 Å². The molecule has 0 radical (unpaired) electrons. The average molecular weight is 246 g/mol. The van der Waals surface area contributed by atoms with Crippen LogP contribution >= 0.6 is 0 Å². The van der Waals surface area contributed by atoms with Gasteiger partial charge in [-0.1, -0.05) is 36.8 Å². The molecule has 1 aromatic rings. The molecule has 100 valence electrons. The molecule has 1 aliphatic heterocycles. The Balaban J connectivity index is 1.94. The zero-order valence-corrected chi connectivity index (χ0v) is 11.8. The van der Waals surface area contributed by atoms with Crippen molar-refractivity contribution in [2.75, 3.05) is 26.2 Å². The van der Waals surface area contributed by atoms with Crippen LogP contribution in [0.15, 0.2) is 24.3 Å². The number of nitrogens with one attached hydrogen (secondary N) is 1. The highest BCUT2D eigenvalue weighted by Crippen LogP contribution is 2.19. The molecule has 1 N–H and O–H groups in total. The quantitative estimate of drug-likeness (QED) is 0.829. The van der Waals surface area contributed by atoms with Gasteiger partial charge in [-0.2, -0.15) is 0 Å². The van der Waals surface area contributed by atoms with E-state index in [9.17, 15) is 0 Å². The van der Waals surface area contributed by atoms with Gasteiger partial charge >= 0.3 is 0 Å². The van der Waals surface area contributed by atoms with Crippen LogP contribution in [0.25, 0.3) is 0 Å². The van der Waals surface area contributed by atoms with Crippen molar-refractivity contribution < 1.29 is 0 Å². The summed E-state index contributed by atoms with van der Waals surface area (Å²) < 4.78 is 0. The Hall–Kier alpha value is -0.860. The van der Waals surface area contributed by atoms with Gasteiger partial charge in [0.15, 0.2) is 0 Å². The molecule has 1 fully saturated rings. The van der Waals surface area contributed by atoms with E-state index < -0.39 is 0 Å². The lowest BCUT2D eigenvalue weighted by Gasteiger charge is -2.22. The second-order valence-corrected chi connectivity index (χ2v) is 5.36. The monoisotopic (exact) mass is 246 g/mol. The summed E-state index contributed by atoms with van der Waals surface area (Å²) in [5, 5.41) is 3.62. The summed E-state index contributed by atoms with van der Waals surface area (Å²) in [6, 6.07) is 9.43. The summed E-state index contributed by atoms with van der Waals surface area (Å²) in [7, 11) is 0. The van der Waals surface area contributed by atoms with Gasteiger partial charge in [0.25, 0.3) is 0 Å². The third kappa shape index (κ3) is 3.82. The largest absolute Gasteiger partial charge is 0.310 e. The summed E-state index contributed by atoms with van der Waals surface area (Å²) in [5.41, 5.74) is 2.80. The lowest BCUT2D eigenvalue weighted by molar-refractivity contribution is 0.311. The molecule has 2 heteroatoms. The minimum Gasteiger partial charge on any atom is -0.310 e. The van der Waals surface area contributed by atoms with Crippen LogP contribution in [0.3, 0.4) is 0 Å². The second kappa shape index (κ2) is 6.91. The summed E-state index contributed by atoms with van der Waals surface area (Å²) in [6.07, 6.45) is 3.99. The number of hydrogen-bond acceptors (Lipinski definition) is 2. The molecule has 0 aliphatic carbocycles. The van der Waals surface area contributed by atoms with E-state index in [2.05, 4.69) is 48.3 Å². The lowest BCUT2D eigenvalue weighted by Crippen LogP contribution is -2.27. The summed E-state index contributed by atoms with van der Waals surface area (Å²) in [6.45, 7) is 9.23. The minimum atomic E-state index is 0.510. The molecule has 1 heterocycles. The van der Waals surface area contributed by atoms with E-state index in [-0.39, 0.29) is 0 Å². The number of nitrogens with zero attached hydrogens (tertiary/aromatic N) is 1. The molecule has 1 aromatic carbocycles. The Morgan fingerprint density at radius 2 is 2.06 bits per heavy atom. The highest BCUT2D eigenvalue weighted by Gasteiger charge is 2.15. The number of rotatable bonds is 6. The molecule has 0 saturated carbocycles. The standard InChI is InChI=1S/C16H26N2/c1-3-17-16(9-12-18-10-4-5-11-18)15-8-6-7-14(2)13-15/h6-8,13,16-17H,3-5,9-12H2,1-2H3. The first-order valence-corrected chi connectivity index (χ1v) is 7.32. The van der Waals surface area contributed by atoms with Crippen LogP contribution in [0, 0.1) is 6.92 Å². The van der Waals surface area contributed by atoms with E-state index >= 15 is 0 Å². The Bertz CT molecular complexity index is 356. The maximum atomic E-state index is 3.62. The van der Waals surface area contributed by atoms with Gasteiger partial charge in [-0.15, -0.1) is 0 Å². The highest BCUT2D eigenvalue weighted by atomic mass is 15.1. The average Bonchev–Trinajstić information content (AvgIpc) is 2.87. The van der Waals surface area contributed by atoms with E-state index in [1.165, 1.54) is 50.0 Å². The van der Waals surface area contributed by atoms with Crippen molar-refractivity contribution >= 4 is 0 Å². The SMILES string of the molecule is CCNC(CCN1CCCC1)c1cccc(C)c1. The lowest BCUT2D eigenvalue weighted by atomic mass is 10.0. The molecule has 0 bridgehead atoms. The number of aryl methyl sites for hydroxylation is 1. The van der Waals surface area contributed by atoms with E-state index in [0.29, 0.717) is 6.04 Å². The van der Waals surface area contributed by atoms with Crippen molar-refractivity contribution in [1.29, 1.82) is 0 Å². The first kappa shape index (κ1) is 13.6. The van der Waals surface area contributed by atoms with Gasteiger partial charge < -0.3 is 10.2 Å². The number of benzene rings is 1. The molecule has 1 unspecified atom stereocenters. The normalized spacial score (nSPS) is 18.1. The summed E-state index contributed by atoms with van der Waals surface area (Å²) >= 11 is 0. The molecule has 2 rings (SSSR count). The smallest absolute Gasteiger partial charge is 0.0332 e. The highest BCUT2D eigenvalue weighted by molar-refractivity contribution is 5.25. The third-order valence-electron chi connectivity index (χ3n) is 3.83. The Morgan fingerprint density at radius 3 is 2.72 bits per heavy atom. The van der Waals surface area contributed by atoms with Crippen LogP contribution < -0.4 is 5.32 Å². The van der Waals surface area contributed by atoms with E-state index in [1.807, 2.05) is 0 Å². The maximum absolute atomic E-state index is 3.62. The molecular weight excluding hydrogens is 220 g/mol. The van der Waals surface area contributed by atoms with Crippen LogP contribution in [0.1, 0.15) is 43.4 Å². The van der Waals surface area contributed by atoms with Crippen LogP contribution in [-0.2, 0) is 0 Å². The summed E-state index contributed by atoms with van der Waals surface area (Å²) in [4.78, 5) is 2.60. The fourth-order valence-electron chi connectivity index (χ4n) is 2.84. The van der Waals surface area contributed by atoms with Gasteiger partial charge in [0, 0.05) is 6.04 Å². The number of likely N-dealkylation sites (tertiary alicyclic amines) is 1. The van der Waals surface area contributed by atoms with Crippen molar-refractivity contribution in [2.45, 2.75) is 39.2 Å². The maximum Gasteiger partial charge on any atom is 0.0332 e. The molecule has 2 nitrogen and oxygen atoms in total. The molecule has 1 saturated heterocycles. The second-order valence-electron chi connectivity index (χ2n) is 5.36. The van der Waals surface area contributed by atoms with Crippen molar-refractivity contribution in [1.82, 2.24) is 10.2 Å². The van der Waals surface area contributed by atoms with Crippen molar-refractivity contribution in [2.24, 2.45) is 0 Å². The zero-order valence-electron chi connectivity index (χ0n) is 11.8. The molecule has 0 aromatic heterocycles. The molecule has 1 aliphatic rings. The predicted molar refractivity (Wildman–Crippen MR) is 77.9 cm³/mol. The Kier molecular flexibility index (Phi) is 5.21. The molecule has 0 amide bonds. The van der Waals surface area contributed by atoms with Gasteiger partial charge in [-0.25, -0.2) is 0 Å². The topological polar surface area (TPSA) is 15.3 Å². The molecule has 18 heavy (non-hydrogen) atoms. The van der Waals surface area contributed by atoms with Gasteiger partial charge in [0.05, 0.1) is 0 Å². The molecule has 1 atom stereocenters.